The molecule has 0 N–H and O–H groups in total. The molecule has 0 saturated carbocycles. The van der Waals surface area contributed by atoms with Gasteiger partial charge in [0, 0.05) is 5.56 Å². The third-order valence-electron chi connectivity index (χ3n) is 3.19. The van der Waals surface area contributed by atoms with E-state index in [0.717, 1.165) is 28.0 Å². The Labute approximate surface area is 113 Å². The highest BCUT2D eigenvalue weighted by Crippen LogP contribution is 2.27. The molecule has 0 aliphatic carbocycles. The molecule has 0 radical (unpaired) electrons. The second-order valence-electron chi connectivity index (χ2n) is 4.97. The van der Waals surface area contributed by atoms with Crippen LogP contribution >= 0.6 is 0 Å². The highest BCUT2D eigenvalue weighted by molar-refractivity contribution is 5.78. The number of rotatable bonds is 2. The van der Waals surface area contributed by atoms with Gasteiger partial charge in [-0.05, 0) is 18.1 Å². The number of benzene rings is 2. The average Bonchev–Trinajstić information content (AvgIpc) is 2.46. The summed E-state index contributed by atoms with van der Waals surface area (Å²) in [6, 6.07) is 18.3. The van der Waals surface area contributed by atoms with Gasteiger partial charge in [-0.25, -0.2) is 9.97 Å². The van der Waals surface area contributed by atoms with Crippen molar-refractivity contribution in [1.82, 2.24) is 9.97 Å². The van der Waals surface area contributed by atoms with Gasteiger partial charge >= 0.3 is 0 Å². The van der Waals surface area contributed by atoms with Crippen LogP contribution in [0, 0.1) is 0 Å². The minimum Gasteiger partial charge on any atom is -0.249 e. The van der Waals surface area contributed by atoms with Crippen LogP contribution in [-0.2, 0) is 0 Å². The Hall–Kier alpha value is -2.22. The maximum Gasteiger partial charge on any atom is 0.0927 e. The van der Waals surface area contributed by atoms with Crippen molar-refractivity contribution < 1.29 is 0 Å². The summed E-state index contributed by atoms with van der Waals surface area (Å²) >= 11 is 0. The molecule has 19 heavy (non-hydrogen) atoms. The molecule has 0 aliphatic rings. The molecular weight excluding hydrogens is 232 g/mol. The number of hydrogen-bond acceptors (Lipinski definition) is 2. The number of hydrogen-bond donors (Lipinski definition) is 0. The van der Waals surface area contributed by atoms with Crippen LogP contribution in [-0.4, -0.2) is 9.97 Å². The van der Waals surface area contributed by atoms with Crippen LogP contribution in [0.4, 0.5) is 0 Å². The van der Waals surface area contributed by atoms with Crippen LogP contribution in [0.25, 0.3) is 22.3 Å². The number of nitrogens with zero attached hydrogens (tertiary/aromatic N) is 2. The summed E-state index contributed by atoms with van der Waals surface area (Å²) in [6.45, 7) is 4.32. The zero-order chi connectivity index (χ0) is 13.2. The molecule has 94 valence electrons. The van der Waals surface area contributed by atoms with E-state index in [1.807, 2.05) is 42.5 Å². The summed E-state index contributed by atoms with van der Waals surface area (Å²) in [5, 5.41) is 0. The zero-order valence-corrected chi connectivity index (χ0v) is 11.2. The van der Waals surface area contributed by atoms with Gasteiger partial charge in [-0.3, -0.25) is 0 Å². The Morgan fingerprint density at radius 1 is 0.737 bits per heavy atom. The maximum atomic E-state index is 4.80. The molecule has 0 bridgehead atoms. The van der Waals surface area contributed by atoms with Crippen molar-refractivity contribution in [3.63, 3.8) is 0 Å². The molecule has 0 saturated heterocycles. The zero-order valence-electron chi connectivity index (χ0n) is 11.2. The largest absolute Gasteiger partial charge is 0.249 e. The van der Waals surface area contributed by atoms with Gasteiger partial charge in [0.05, 0.1) is 22.4 Å². The molecule has 3 aromatic rings. The highest BCUT2D eigenvalue weighted by atomic mass is 14.8. The first-order valence-corrected chi connectivity index (χ1v) is 6.58. The van der Waals surface area contributed by atoms with Crippen LogP contribution in [0.5, 0.6) is 0 Å². The summed E-state index contributed by atoms with van der Waals surface area (Å²) in [5.41, 5.74) is 5.10. The van der Waals surface area contributed by atoms with E-state index in [0.29, 0.717) is 5.92 Å². The fourth-order valence-electron chi connectivity index (χ4n) is 2.22. The van der Waals surface area contributed by atoms with Crippen LogP contribution < -0.4 is 0 Å². The van der Waals surface area contributed by atoms with Gasteiger partial charge in [0.25, 0.3) is 0 Å². The topological polar surface area (TPSA) is 25.8 Å². The standard InChI is InChI=1S/C17H16N2/c1-12(2)16-17(13-8-4-3-5-9-13)19-15-11-7-6-10-14(15)18-16/h3-12H,1-2H3. The SMILES string of the molecule is CC(C)c1nc2ccccc2nc1-c1ccccc1. The fraction of sp³-hybridized carbons (Fsp3) is 0.176. The van der Waals surface area contributed by atoms with E-state index >= 15 is 0 Å². The minimum atomic E-state index is 0.354. The average molecular weight is 248 g/mol. The van der Waals surface area contributed by atoms with E-state index in [9.17, 15) is 0 Å². The Bertz CT molecular complexity index is 703. The Morgan fingerprint density at radius 2 is 1.32 bits per heavy atom. The van der Waals surface area contributed by atoms with E-state index in [-0.39, 0.29) is 0 Å². The van der Waals surface area contributed by atoms with Gasteiger partial charge < -0.3 is 0 Å². The molecule has 0 unspecified atom stereocenters. The minimum absolute atomic E-state index is 0.354. The lowest BCUT2D eigenvalue weighted by Crippen LogP contribution is -2.00. The maximum absolute atomic E-state index is 4.80. The predicted molar refractivity (Wildman–Crippen MR) is 79.1 cm³/mol. The molecule has 0 fully saturated rings. The lowest BCUT2D eigenvalue weighted by atomic mass is 10.0. The van der Waals surface area contributed by atoms with Gasteiger partial charge in [-0.2, -0.15) is 0 Å². The summed E-state index contributed by atoms with van der Waals surface area (Å²) in [7, 11) is 0. The molecule has 3 rings (SSSR count). The van der Waals surface area contributed by atoms with Crippen molar-refractivity contribution >= 4 is 11.0 Å². The first kappa shape index (κ1) is 11.8. The summed E-state index contributed by atoms with van der Waals surface area (Å²) in [4.78, 5) is 9.59. The summed E-state index contributed by atoms with van der Waals surface area (Å²) in [5.74, 6) is 0.354. The number of para-hydroxylation sites is 2. The first-order chi connectivity index (χ1) is 9.25. The van der Waals surface area contributed by atoms with Gasteiger partial charge in [-0.15, -0.1) is 0 Å². The Balaban J connectivity index is 2.30. The lowest BCUT2D eigenvalue weighted by molar-refractivity contribution is 0.825. The van der Waals surface area contributed by atoms with Gasteiger partial charge in [-0.1, -0.05) is 56.3 Å². The van der Waals surface area contributed by atoms with Gasteiger partial charge in [0.15, 0.2) is 0 Å². The van der Waals surface area contributed by atoms with E-state index in [2.05, 4.69) is 26.0 Å². The fourth-order valence-corrected chi connectivity index (χ4v) is 2.22. The second-order valence-corrected chi connectivity index (χ2v) is 4.97. The Morgan fingerprint density at radius 3 is 1.95 bits per heavy atom. The normalized spacial score (nSPS) is 11.1. The third-order valence-corrected chi connectivity index (χ3v) is 3.19. The van der Waals surface area contributed by atoms with Crippen molar-refractivity contribution in [2.75, 3.05) is 0 Å². The first-order valence-electron chi connectivity index (χ1n) is 6.58. The molecule has 2 heteroatoms. The van der Waals surface area contributed by atoms with Gasteiger partial charge in [0.2, 0.25) is 0 Å². The summed E-state index contributed by atoms with van der Waals surface area (Å²) in [6.07, 6.45) is 0. The van der Waals surface area contributed by atoms with E-state index < -0.39 is 0 Å². The molecule has 2 aromatic carbocycles. The van der Waals surface area contributed by atoms with Crippen molar-refractivity contribution in [3.8, 4) is 11.3 Å². The highest BCUT2D eigenvalue weighted by Gasteiger charge is 2.13. The Kier molecular flexibility index (Phi) is 3.00. The third kappa shape index (κ3) is 2.22. The number of aromatic nitrogens is 2. The molecule has 0 atom stereocenters. The number of fused-ring (bicyclic) bond motifs is 1. The molecular formula is C17H16N2. The van der Waals surface area contributed by atoms with E-state index in [1.165, 1.54) is 0 Å². The molecule has 2 nitrogen and oxygen atoms in total. The molecule has 1 heterocycles. The van der Waals surface area contributed by atoms with Crippen LogP contribution in [0.2, 0.25) is 0 Å². The van der Waals surface area contributed by atoms with Crippen LogP contribution in [0.3, 0.4) is 0 Å². The molecule has 0 amide bonds. The molecule has 0 aliphatic heterocycles. The van der Waals surface area contributed by atoms with Crippen molar-refractivity contribution in [3.05, 3.63) is 60.3 Å². The molecule has 1 aromatic heterocycles. The lowest BCUT2D eigenvalue weighted by Gasteiger charge is -2.12. The van der Waals surface area contributed by atoms with Crippen molar-refractivity contribution in [2.45, 2.75) is 19.8 Å². The van der Waals surface area contributed by atoms with Crippen LogP contribution in [0.15, 0.2) is 54.6 Å². The quantitative estimate of drug-likeness (QED) is 0.671. The van der Waals surface area contributed by atoms with E-state index in [1.54, 1.807) is 0 Å². The smallest absolute Gasteiger partial charge is 0.0927 e. The summed E-state index contributed by atoms with van der Waals surface area (Å²) < 4.78 is 0. The predicted octanol–water partition coefficient (Wildman–Crippen LogP) is 4.42. The van der Waals surface area contributed by atoms with Crippen molar-refractivity contribution in [1.29, 1.82) is 0 Å². The second kappa shape index (κ2) is 4.81. The van der Waals surface area contributed by atoms with Crippen LogP contribution in [0.1, 0.15) is 25.5 Å². The van der Waals surface area contributed by atoms with Crippen molar-refractivity contribution in [2.24, 2.45) is 0 Å². The monoisotopic (exact) mass is 248 g/mol. The van der Waals surface area contributed by atoms with E-state index in [4.69, 9.17) is 9.97 Å². The van der Waals surface area contributed by atoms with Gasteiger partial charge in [0.1, 0.15) is 0 Å². The molecule has 0 spiro atoms.